The smallest absolute Gasteiger partial charge is 0.238 e. The number of carbonyl (C=O) groups excluding carboxylic acids is 4. The number of phenols is 1. The average Bonchev–Trinajstić information content (AvgIpc) is 3.29. The van der Waals surface area contributed by atoms with Crippen molar-refractivity contribution in [2.45, 2.75) is 25.7 Å². The summed E-state index contributed by atoms with van der Waals surface area (Å²) in [4.78, 5) is 56.3. The number of ether oxygens (including phenoxy) is 1. The van der Waals surface area contributed by atoms with Crippen LogP contribution in [0.3, 0.4) is 0 Å². The van der Waals surface area contributed by atoms with Crippen molar-refractivity contribution in [2.75, 3.05) is 17.3 Å². The number of phenolic OH excluding ortho intramolecular Hbond substituents is 1. The highest BCUT2D eigenvalue weighted by Crippen LogP contribution is 2.57. The number of Topliss-reactive ketones (excluding diaryl/α,β-unsaturated/α-hetero) is 1. The van der Waals surface area contributed by atoms with Gasteiger partial charge in [-0.25, -0.2) is 0 Å². The zero-order chi connectivity index (χ0) is 30.7. The van der Waals surface area contributed by atoms with Gasteiger partial charge in [0.2, 0.25) is 11.8 Å². The van der Waals surface area contributed by atoms with E-state index in [0.29, 0.717) is 40.1 Å². The van der Waals surface area contributed by atoms with E-state index in [2.05, 4.69) is 5.32 Å². The second-order valence-corrected chi connectivity index (χ2v) is 11.7. The fourth-order valence-corrected chi connectivity index (χ4v) is 7.33. The second-order valence-electron chi connectivity index (χ2n) is 11.7. The van der Waals surface area contributed by atoms with E-state index in [0.717, 1.165) is 16.9 Å². The lowest BCUT2D eigenvalue weighted by molar-refractivity contribution is -0.123. The van der Waals surface area contributed by atoms with E-state index in [1.807, 2.05) is 48.5 Å². The van der Waals surface area contributed by atoms with Gasteiger partial charge < -0.3 is 15.2 Å². The number of imide groups is 1. The van der Waals surface area contributed by atoms with Crippen molar-refractivity contribution in [3.05, 3.63) is 113 Å². The number of hydrogen-bond acceptors (Lipinski definition) is 7. The molecule has 3 aromatic carbocycles. The zero-order valence-corrected chi connectivity index (χ0v) is 24.2. The van der Waals surface area contributed by atoms with Crippen LogP contribution in [0.5, 0.6) is 11.5 Å². The minimum Gasteiger partial charge on any atom is -0.507 e. The number of carbonyl (C=O) groups is 4. The van der Waals surface area contributed by atoms with Crippen LogP contribution in [0, 0.1) is 17.8 Å². The Balaban J connectivity index is 1.27. The predicted molar refractivity (Wildman–Crippen MR) is 165 cm³/mol. The SMILES string of the molecule is COc1cccc(O)c1[C@H]1C2=CC[C@@H]3C(=O)N(c4ccc(Nc5ccccc5)cc4)C(=O)[C@@H]3[C@@H]2CC2=C1C(=O)C(C)=CC2=O. The highest BCUT2D eigenvalue weighted by Gasteiger charge is 2.57. The number of amides is 2. The highest BCUT2D eigenvalue weighted by molar-refractivity contribution is 6.25. The maximum atomic E-state index is 14.2. The van der Waals surface area contributed by atoms with E-state index in [4.69, 9.17) is 4.74 Å². The standard InChI is InChI=1S/C36H30N2O6/c1-19-17-28(40)26-18-25-23(31(32(26)34(19)41)33-27(39)9-6-10-29(33)44-2)15-16-24-30(25)36(43)38(35(24)42)22-13-11-21(12-14-22)37-20-7-4-3-5-8-20/h3-15,17,24-25,30-31,37,39H,16,18H2,1-2H3/t24-,25+,30-,31-/m0/s1. The first-order valence-electron chi connectivity index (χ1n) is 14.6. The molecule has 0 saturated carbocycles. The van der Waals surface area contributed by atoms with Crippen LogP contribution in [-0.4, -0.2) is 35.6 Å². The first-order valence-corrected chi connectivity index (χ1v) is 14.6. The molecule has 1 fully saturated rings. The van der Waals surface area contributed by atoms with E-state index < -0.39 is 23.7 Å². The van der Waals surface area contributed by atoms with Gasteiger partial charge in [-0.1, -0.05) is 35.9 Å². The Morgan fingerprint density at radius 1 is 0.864 bits per heavy atom. The van der Waals surface area contributed by atoms with Crippen LogP contribution >= 0.6 is 0 Å². The Labute approximate surface area is 254 Å². The third-order valence-corrected chi connectivity index (χ3v) is 9.30. The molecule has 0 radical (unpaired) electrons. The number of allylic oxidation sites excluding steroid dienone is 6. The first kappa shape index (κ1) is 27.6. The van der Waals surface area contributed by atoms with Gasteiger partial charge in [-0.3, -0.25) is 24.1 Å². The molecule has 0 spiro atoms. The largest absolute Gasteiger partial charge is 0.507 e. The highest BCUT2D eigenvalue weighted by atomic mass is 16.5. The number of methoxy groups -OCH3 is 1. The number of nitrogens with one attached hydrogen (secondary N) is 1. The minimum absolute atomic E-state index is 0.0722. The predicted octanol–water partition coefficient (Wildman–Crippen LogP) is 5.78. The van der Waals surface area contributed by atoms with Gasteiger partial charge in [0.1, 0.15) is 11.5 Å². The number of para-hydroxylation sites is 1. The molecule has 1 saturated heterocycles. The van der Waals surface area contributed by atoms with Gasteiger partial charge in [0.25, 0.3) is 0 Å². The number of benzene rings is 3. The number of fused-ring (bicyclic) bond motifs is 3. The molecule has 0 aromatic heterocycles. The molecule has 3 aromatic rings. The second kappa shape index (κ2) is 10.5. The van der Waals surface area contributed by atoms with E-state index in [-0.39, 0.29) is 35.6 Å². The molecular formula is C36H30N2O6. The molecular weight excluding hydrogens is 556 g/mol. The van der Waals surface area contributed by atoms with Crippen molar-refractivity contribution in [3.63, 3.8) is 0 Å². The summed E-state index contributed by atoms with van der Waals surface area (Å²) in [7, 11) is 1.48. The first-order chi connectivity index (χ1) is 21.3. The maximum absolute atomic E-state index is 14.2. The summed E-state index contributed by atoms with van der Waals surface area (Å²) in [6, 6.07) is 21.7. The molecule has 0 unspecified atom stereocenters. The molecule has 3 aliphatic carbocycles. The normalized spacial score (nSPS) is 24.4. The maximum Gasteiger partial charge on any atom is 0.238 e. The van der Waals surface area contributed by atoms with Gasteiger partial charge >= 0.3 is 0 Å². The Hall–Kier alpha value is -5.24. The monoisotopic (exact) mass is 586 g/mol. The van der Waals surface area contributed by atoms with Crippen LogP contribution in [0.2, 0.25) is 0 Å². The number of ketones is 2. The van der Waals surface area contributed by atoms with Crippen LogP contribution in [0.4, 0.5) is 17.1 Å². The van der Waals surface area contributed by atoms with Crippen molar-refractivity contribution in [3.8, 4) is 11.5 Å². The molecule has 4 aliphatic rings. The molecule has 220 valence electrons. The van der Waals surface area contributed by atoms with Crippen LogP contribution in [0.25, 0.3) is 0 Å². The molecule has 0 bridgehead atoms. The number of rotatable bonds is 5. The molecule has 1 heterocycles. The quantitative estimate of drug-likeness (QED) is 0.221. The van der Waals surface area contributed by atoms with E-state index >= 15 is 0 Å². The zero-order valence-electron chi connectivity index (χ0n) is 24.2. The third kappa shape index (κ3) is 4.20. The summed E-state index contributed by atoms with van der Waals surface area (Å²) in [6.07, 6.45) is 3.74. The summed E-state index contributed by atoms with van der Waals surface area (Å²) in [5.41, 5.74) is 4.31. The molecule has 8 heteroatoms. The van der Waals surface area contributed by atoms with Crippen molar-refractivity contribution in [1.82, 2.24) is 0 Å². The summed E-state index contributed by atoms with van der Waals surface area (Å²) < 4.78 is 5.62. The van der Waals surface area contributed by atoms with Gasteiger partial charge in [-0.05, 0) is 80.3 Å². The van der Waals surface area contributed by atoms with Gasteiger partial charge in [-0.15, -0.1) is 0 Å². The van der Waals surface area contributed by atoms with Gasteiger partial charge in [0, 0.05) is 39.6 Å². The Morgan fingerprint density at radius 2 is 1.59 bits per heavy atom. The van der Waals surface area contributed by atoms with Crippen LogP contribution in [0.1, 0.15) is 31.2 Å². The van der Waals surface area contributed by atoms with E-state index in [1.54, 1.807) is 31.2 Å². The number of aromatic hydroxyl groups is 1. The molecule has 44 heavy (non-hydrogen) atoms. The lowest BCUT2D eigenvalue weighted by atomic mass is 9.59. The van der Waals surface area contributed by atoms with Crippen LogP contribution < -0.4 is 15.0 Å². The summed E-state index contributed by atoms with van der Waals surface area (Å²) in [5, 5.41) is 14.4. The number of nitrogens with zero attached hydrogens (tertiary/aromatic N) is 1. The molecule has 2 N–H and O–H groups in total. The van der Waals surface area contributed by atoms with Crippen LogP contribution in [-0.2, 0) is 19.2 Å². The molecule has 1 aliphatic heterocycles. The molecule has 7 rings (SSSR count). The Kier molecular flexibility index (Phi) is 6.57. The van der Waals surface area contributed by atoms with Gasteiger partial charge in [-0.2, -0.15) is 0 Å². The van der Waals surface area contributed by atoms with Crippen molar-refractivity contribution in [2.24, 2.45) is 17.8 Å². The summed E-state index contributed by atoms with van der Waals surface area (Å²) in [5.74, 6) is -3.47. The van der Waals surface area contributed by atoms with Gasteiger partial charge in [0.05, 0.1) is 24.6 Å². The third-order valence-electron chi connectivity index (χ3n) is 9.30. The van der Waals surface area contributed by atoms with Crippen molar-refractivity contribution < 1.29 is 29.0 Å². The topological polar surface area (TPSA) is 113 Å². The Bertz CT molecular complexity index is 1840. The molecule has 2 amide bonds. The molecule has 8 nitrogen and oxygen atoms in total. The lowest BCUT2D eigenvalue weighted by Gasteiger charge is -2.42. The van der Waals surface area contributed by atoms with Crippen molar-refractivity contribution >= 4 is 40.4 Å². The molecule has 4 atom stereocenters. The summed E-state index contributed by atoms with van der Waals surface area (Å²) >= 11 is 0. The van der Waals surface area contributed by atoms with E-state index in [1.165, 1.54) is 24.2 Å². The fraction of sp³-hybridized carbons (Fsp3) is 0.222. The fourth-order valence-electron chi connectivity index (χ4n) is 7.33. The minimum atomic E-state index is -0.791. The van der Waals surface area contributed by atoms with Crippen molar-refractivity contribution in [1.29, 1.82) is 0 Å². The van der Waals surface area contributed by atoms with Crippen LogP contribution in [0.15, 0.2) is 107 Å². The van der Waals surface area contributed by atoms with E-state index in [9.17, 15) is 24.3 Å². The average molecular weight is 587 g/mol. The van der Waals surface area contributed by atoms with Gasteiger partial charge in [0.15, 0.2) is 11.6 Å². The lowest BCUT2D eigenvalue weighted by Crippen LogP contribution is -2.40. The summed E-state index contributed by atoms with van der Waals surface area (Å²) in [6.45, 7) is 1.61. The Morgan fingerprint density at radius 3 is 2.32 bits per heavy atom. The number of hydrogen-bond donors (Lipinski definition) is 2. The number of anilines is 3.